The Bertz CT molecular complexity index is 2210. The first-order valence-corrected chi connectivity index (χ1v) is 18.2. The van der Waals surface area contributed by atoms with Gasteiger partial charge in [-0.3, -0.25) is 9.72 Å². The normalized spacial score (nSPS) is 11.4. The van der Waals surface area contributed by atoms with Crippen molar-refractivity contribution in [2.24, 2.45) is 0 Å². The molecule has 0 aliphatic heterocycles. The lowest BCUT2D eigenvalue weighted by atomic mass is 9.92. The van der Waals surface area contributed by atoms with Gasteiger partial charge < -0.3 is 20.3 Å². The fourth-order valence-corrected chi connectivity index (χ4v) is 7.22. The number of hydrogen-bond acceptors (Lipinski definition) is 10. The molecular formula is C37H36N8O4S2. The van der Waals surface area contributed by atoms with E-state index in [1.54, 1.807) is 34.3 Å². The molecule has 4 N–H and O–H groups in total. The average molecular weight is 721 g/mol. The minimum atomic E-state index is -0.423. The van der Waals surface area contributed by atoms with E-state index < -0.39 is 6.03 Å². The number of aliphatic hydroxyl groups is 1. The number of nitriles is 1. The van der Waals surface area contributed by atoms with Crippen LogP contribution in [0.5, 0.6) is 11.5 Å². The predicted octanol–water partition coefficient (Wildman–Crippen LogP) is 6.64. The molecule has 0 saturated heterocycles. The van der Waals surface area contributed by atoms with Gasteiger partial charge >= 0.3 is 6.03 Å². The highest BCUT2D eigenvalue weighted by atomic mass is 32.2. The van der Waals surface area contributed by atoms with E-state index in [2.05, 4.69) is 34.7 Å². The molecule has 12 nitrogen and oxygen atoms in total. The van der Waals surface area contributed by atoms with Crippen molar-refractivity contribution < 1.29 is 19.7 Å². The summed E-state index contributed by atoms with van der Waals surface area (Å²) in [6.45, 7) is 4.60. The number of rotatable bonds is 13. The summed E-state index contributed by atoms with van der Waals surface area (Å²) in [5.74, 6) is 2.46. The number of thioether (sulfide) groups is 1. The zero-order chi connectivity index (χ0) is 36.0. The number of hydrogen-bond donors (Lipinski definition) is 4. The Morgan fingerprint density at radius 3 is 2.61 bits per heavy atom. The molecule has 0 saturated carbocycles. The quantitative estimate of drug-likeness (QED) is 0.102. The fourth-order valence-electron chi connectivity index (χ4n) is 5.38. The summed E-state index contributed by atoms with van der Waals surface area (Å²) in [7, 11) is 0. The van der Waals surface area contributed by atoms with Gasteiger partial charge in [-0.2, -0.15) is 22.1 Å². The van der Waals surface area contributed by atoms with Crippen LogP contribution in [-0.2, 0) is 12.0 Å². The van der Waals surface area contributed by atoms with Crippen LogP contribution in [0.1, 0.15) is 30.7 Å². The molecule has 14 heteroatoms. The van der Waals surface area contributed by atoms with Gasteiger partial charge in [-0.1, -0.05) is 43.8 Å². The standard InChI is InChI=1S/C37H36N8O4S2/c1-37(2,23-50-3)32-19-34(45(43-32)27-10-14-30(47)26(18-27)20-38)40-36(48)39-21-25-6-4-5-7-31(25)51-29-13-15-33-41-42-35(44(33)22-29)24-8-11-28(12-9-24)49-17-16-46/h4-15,18-19,22,46-47H,16-17,21,23H2,1-3H3,(H2,39,40,48). The van der Waals surface area contributed by atoms with E-state index in [9.17, 15) is 15.2 Å². The largest absolute Gasteiger partial charge is 0.507 e. The average Bonchev–Trinajstić information content (AvgIpc) is 3.76. The molecule has 0 atom stereocenters. The van der Waals surface area contributed by atoms with Crippen molar-refractivity contribution in [3.05, 3.63) is 108 Å². The number of carbonyl (C=O) groups excluding carboxylic acids is 1. The Balaban J connectivity index is 1.19. The minimum Gasteiger partial charge on any atom is -0.507 e. The number of amides is 2. The van der Waals surface area contributed by atoms with Gasteiger partial charge in [0.15, 0.2) is 11.5 Å². The third-order valence-electron chi connectivity index (χ3n) is 7.98. The van der Waals surface area contributed by atoms with Gasteiger partial charge in [0.05, 0.1) is 23.6 Å². The number of phenols is 1. The Morgan fingerprint density at radius 2 is 1.84 bits per heavy atom. The van der Waals surface area contributed by atoms with E-state index in [4.69, 9.17) is 14.9 Å². The van der Waals surface area contributed by atoms with Crippen LogP contribution in [0, 0.1) is 11.3 Å². The first kappa shape index (κ1) is 35.3. The van der Waals surface area contributed by atoms with Crippen LogP contribution in [0.4, 0.5) is 10.6 Å². The lowest BCUT2D eigenvalue weighted by Crippen LogP contribution is -2.29. The van der Waals surface area contributed by atoms with E-state index in [1.165, 1.54) is 12.1 Å². The van der Waals surface area contributed by atoms with E-state index in [1.807, 2.05) is 89.7 Å². The highest BCUT2D eigenvalue weighted by molar-refractivity contribution is 7.99. The number of phenolic OH excluding ortho intramolecular Hbond substituents is 1. The second-order valence-electron chi connectivity index (χ2n) is 12.2. The zero-order valence-corrected chi connectivity index (χ0v) is 29.8. The SMILES string of the molecule is CSCC(C)(C)c1cc(NC(=O)NCc2ccccc2Sc2ccc3nnc(-c4ccc(OCCO)cc4)n3c2)n(-c2ccc(O)c(C#N)c2)n1. The first-order chi connectivity index (χ1) is 24.7. The molecule has 0 aliphatic carbocycles. The molecule has 3 aromatic heterocycles. The van der Waals surface area contributed by atoms with Crippen LogP contribution in [0.3, 0.4) is 0 Å². The second kappa shape index (κ2) is 15.6. The number of pyridine rings is 1. The number of anilines is 1. The maximum atomic E-state index is 13.4. The molecule has 0 unspecified atom stereocenters. The Kier molecular flexibility index (Phi) is 10.8. The van der Waals surface area contributed by atoms with Crippen molar-refractivity contribution in [3.8, 4) is 34.6 Å². The van der Waals surface area contributed by atoms with Crippen LogP contribution >= 0.6 is 23.5 Å². The number of ether oxygens (including phenoxy) is 1. The fraction of sp³-hybridized carbons (Fsp3) is 0.216. The molecule has 3 heterocycles. The monoisotopic (exact) mass is 720 g/mol. The molecule has 0 fully saturated rings. The number of benzene rings is 3. The van der Waals surface area contributed by atoms with Crippen molar-refractivity contribution in [1.82, 2.24) is 29.7 Å². The Hall–Kier alpha value is -5.49. The van der Waals surface area contributed by atoms with Crippen LogP contribution < -0.4 is 15.4 Å². The topological polar surface area (TPSA) is 163 Å². The lowest BCUT2D eigenvalue weighted by molar-refractivity contribution is 0.201. The number of nitrogens with zero attached hydrogens (tertiary/aromatic N) is 6. The maximum Gasteiger partial charge on any atom is 0.320 e. The molecule has 0 radical (unpaired) electrons. The molecule has 3 aromatic carbocycles. The highest BCUT2D eigenvalue weighted by Crippen LogP contribution is 2.33. The molecule has 0 aliphatic rings. The van der Waals surface area contributed by atoms with Gasteiger partial charge in [-0.15, -0.1) is 10.2 Å². The number of aliphatic hydroxyl groups excluding tert-OH is 1. The minimum absolute atomic E-state index is 0.0540. The van der Waals surface area contributed by atoms with Gasteiger partial charge in [0, 0.05) is 45.3 Å². The number of fused-ring (bicyclic) bond motifs is 1. The van der Waals surface area contributed by atoms with Crippen molar-refractivity contribution >= 4 is 41.0 Å². The van der Waals surface area contributed by atoms with Gasteiger partial charge in [-0.05, 0) is 72.5 Å². The third-order valence-corrected chi connectivity index (χ3v) is 10.1. The Morgan fingerprint density at radius 1 is 1.04 bits per heavy atom. The van der Waals surface area contributed by atoms with Gasteiger partial charge in [0.25, 0.3) is 0 Å². The molecule has 0 bridgehead atoms. The summed E-state index contributed by atoms with van der Waals surface area (Å²) in [5.41, 5.74) is 3.62. The number of carbonyl (C=O) groups is 1. The van der Waals surface area contributed by atoms with Crippen LogP contribution in [0.25, 0.3) is 22.7 Å². The second-order valence-corrected chi connectivity index (χ2v) is 14.2. The Labute approximate surface area is 303 Å². The van der Waals surface area contributed by atoms with Gasteiger partial charge in [0.2, 0.25) is 0 Å². The number of urea groups is 1. The zero-order valence-electron chi connectivity index (χ0n) is 28.2. The summed E-state index contributed by atoms with van der Waals surface area (Å²) in [5, 5.41) is 48.0. The highest BCUT2D eigenvalue weighted by Gasteiger charge is 2.26. The molecule has 260 valence electrons. The van der Waals surface area contributed by atoms with Crippen LogP contribution in [-0.4, -0.2) is 65.8 Å². The number of nitrogens with one attached hydrogen (secondary N) is 2. The molecule has 51 heavy (non-hydrogen) atoms. The summed E-state index contributed by atoms with van der Waals surface area (Å²) >= 11 is 3.27. The summed E-state index contributed by atoms with van der Waals surface area (Å²) < 4.78 is 9.00. The summed E-state index contributed by atoms with van der Waals surface area (Å²) in [6.07, 6.45) is 4.02. The van der Waals surface area contributed by atoms with Crippen molar-refractivity contribution in [2.75, 3.05) is 30.5 Å². The number of aromatic nitrogens is 5. The number of aromatic hydroxyl groups is 1. The smallest absolute Gasteiger partial charge is 0.320 e. The van der Waals surface area contributed by atoms with Crippen LogP contribution in [0.2, 0.25) is 0 Å². The first-order valence-electron chi connectivity index (χ1n) is 16.0. The maximum absolute atomic E-state index is 13.4. The van der Waals surface area contributed by atoms with E-state index >= 15 is 0 Å². The molecule has 6 aromatic rings. The van der Waals surface area contributed by atoms with Gasteiger partial charge in [-0.25, -0.2) is 9.48 Å². The van der Waals surface area contributed by atoms with Crippen LogP contribution in [0.15, 0.2) is 101 Å². The lowest BCUT2D eigenvalue weighted by Gasteiger charge is -2.20. The third kappa shape index (κ3) is 8.12. The van der Waals surface area contributed by atoms with Crippen molar-refractivity contribution in [2.45, 2.75) is 35.6 Å². The van der Waals surface area contributed by atoms with E-state index in [0.717, 1.165) is 32.4 Å². The summed E-state index contributed by atoms with van der Waals surface area (Å²) in [6, 6.07) is 27.3. The molecular weight excluding hydrogens is 685 g/mol. The molecule has 6 rings (SSSR count). The van der Waals surface area contributed by atoms with Crippen molar-refractivity contribution in [3.63, 3.8) is 0 Å². The van der Waals surface area contributed by atoms with Gasteiger partial charge in [0.1, 0.15) is 30.0 Å². The van der Waals surface area contributed by atoms with E-state index in [-0.39, 0.29) is 36.5 Å². The van der Waals surface area contributed by atoms with E-state index in [0.29, 0.717) is 28.7 Å². The summed E-state index contributed by atoms with van der Waals surface area (Å²) in [4.78, 5) is 15.3. The van der Waals surface area contributed by atoms with Crippen molar-refractivity contribution in [1.29, 1.82) is 5.26 Å². The predicted molar refractivity (Wildman–Crippen MR) is 199 cm³/mol. The molecule has 2 amide bonds. The molecule has 0 spiro atoms.